The third kappa shape index (κ3) is 8.25. The first kappa shape index (κ1) is 21.8. The Balaban J connectivity index is 0.000000210. The van der Waals surface area contributed by atoms with Gasteiger partial charge in [0.05, 0.1) is 11.1 Å². The van der Waals surface area contributed by atoms with Crippen molar-refractivity contribution in [1.82, 2.24) is 10.6 Å². The molecule has 0 aliphatic carbocycles. The SMILES string of the molecule is O=C(O)c1cccc(O)c1.O=C(O)c1ccccc1.O=C1CC(=O)NC(=O)N1. The van der Waals surface area contributed by atoms with Crippen LogP contribution in [0.4, 0.5) is 4.79 Å². The van der Waals surface area contributed by atoms with Crippen molar-refractivity contribution < 1.29 is 39.3 Å². The minimum Gasteiger partial charge on any atom is -0.508 e. The molecule has 3 rings (SSSR count). The molecule has 28 heavy (non-hydrogen) atoms. The van der Waals surface area contributed by atoms with Crippen molar-refractivity contribution in [3.05, 3.63) is 65.7 Å². The quantitative estimate of drug-likeness (QED) is 0.478. The molecule has 0 atom stereocenters. The number of aromatic hydroxyl groups is 1. The third-order valence-corrected chi connectivity index (χ3v) is 2.94. The molecular formula is C18H16N2O8. The summed E-state index contributed by atoms with van der Waals surface area (Å²) in [5.74, 6) is -3.04. The van der Waals surface area contributed by atoms with Crippen molar-refractivity contribution in [2.75, 3.05) is 0 Å². The minimum absolute atomic E-state index is 0.0279. The number of aromatic carboxylic acids is 2. The van der Waals surface area contributed by atoms with E-state index in [2.05, 4.69) is 0 Å². The number of phenols is 1. The predicted molar refractivity (Wildman–Crippen MR) is 94.8 cm³/mol. The van der Waals surface area contributed by atoms with Gasteiger partial charge in [0.1, 0.15) is 12.2 Å². The average molecular weight is 388 g/mol. The maximum Gasteiger partial charge on any atom is 0.335 e. The first-order chi connectivity index (χ1) is 13.2. The molecule has 10 nitrogen and oxygen atoms in total. The van der Waals surface area contributed by atoms with Gasteiger partial charge in [-0.15, -0.1) is 0 Å². The van der Waals surface area contributed by atoms with Crippen LogP contribution < -0.4 is 10.6 Å². The number of benzene rings is 2. The Labute approximate surface area is 158 Å². The van der Waals surface area contributed by atoms with E-state index in [1.165, 1.54) is 24.3 Å². The molecule has 10 heteroatoms. The molecule has 2 aromatic rings. The van der Waals surface area contributed by atoms with Crippen LogP contribution in [0.5, 0.6) is 5.75 Å². The highest BCUT2D eigenvalue weighted by Crippen LogP contribution is 2.09. The van der Waals surface area contributed by atoms with Crippen LogP contribution >= 0.6 is 0 Å². The standard InChI is InChI=1S/C7H6O3.C7H6O2.C4H4N2O3/c8-6-3-1-2-5(4-6)7(9)10;8-7(9)6-4-2-1-3-5-6;7-2-1-3(8)6-4(9)5-2/h1-4,8H,(H,9,10);1-5H,(H,8,9);1H2,(H2,5,6,7,8,9). The highest BCUT2D eigenvalue weighted by Gasteiger charge is 2.20. The molecule has 0 bridgehead atoms. The van der Waals surface area contributed by atoms with Crippen LogP contribution in [0, 0.1) is 0 Å². The van der Waals surface area contributed by atoms with Gasteiger partial charge in [-0.25, -0.2) is 14.4 Å². The lowest BCUT2D eigenvalue weighted by atomic mass is 10.2. The molecule has 0 saturated carbocycles. The Kier molecular flexibility index (Phi) is 8.35. The molecule has 0 spiro atoms. The third-order valence-electron chi connectivity index (χ3n) is 2.94. The zero-order chi connectivity index (χ0) is 21.1. The van der Waals surface area contributed by atoms with E-state index in [0.717, 1.165) is 0 Å². The summed E-state index contributed by atoms with van der Waals surface area (Å²) in [5.41, 5.74) is 0.428. The van der Waals surface area contributed by atoms with Crippen LogP contribution in [-0.4, -0.2) is 45.1 Å². The molecule has 1 aliphatic rings. The first-order valence-electron chi connectivity index (χ1n) is 7.63. The second-order valence-corrected chi connectivity index (χ2v) is 5.13. The van der Waals surface area contributed by atoms with Crippen LogP contribution in [-0.2, 0) is 9.59 Å². The van der Waals surface area contributed by atoms with Gasteiger partial charge >= 0.3 is 18.0 Å². The monoisotopic (exact) mass is 388 g/mol. The molecule has 0 radical (unpaired) electrons. The normalized spacial score (nSPS) is 12.2. The van der Waals surface area contributed by atoms with Crippen LogP contribution in [0.3, 0.4) is 0 Å². The minimum atomic E-state index is -1.03. The van der Waals surface area contributed by atoms with Gasteiger partial charge in [-0.05, 0) is 30.3 Å². The summed E-state index contributed by atoms with van der Waals surface area (Å²) in [4.78, 5) is 51.2. The number of carboxylic acid groups (broad SMARTS) is 2. The lowest BCUT2D eigenvalue weighted by Gasteiger charge is -2.09. The number of nitrogens with one attached hydrogen (secondary N) is 2. The lowest BCUT2D eigenvalue weighted by Crippen LogP contribution is -2.49. The van der Waals surface area contributed by atoms with Crippen molar-refractivity contribution in [2.24, 2.45) is 0 Å². The highest BCUT2D eigenvalue weighted by atomic mass is 16.4. The van der Waals surface area contributed by atoms with E-state index in [-0.39, 0.29) is 17.7 Å². The number of hydrogen-bond acceptors (Lipinski definition) is 6. The average Bonchev–Trinajstić information content (AvgIpc) is 2.62. The van der Waals surface area contributed by atoms with Crippen molar-refractivity contribution in [2.45, 2.75) is 6.42 Å². The maximum atomic E-state index is 10.3. The number of hydrogen-bond donors (Lipinski definition) is 5. The Morgan fingerprint density at radius 3 is 1.61 bits per heavy atom. The van der Waals surface area contributed by atoms with Crippen LogP contribution in [0.2, 0.25) is 0 Å². The molecular weight excluding hydrogens is 372 g/mol. The van der Waals surface area contributed by atoms with E-state index in [1.807, 2.05) is 10.6 Å². The number of carbonyl (C=O) groups is 5. The molecule has 1 fully saturated rings. The fourth-order valence-electron chi connectivity index (χ4n) is 1.74. The molecule has 1 heterocycles. The Hall–Kier alpha value is -4.21. The first-order valence-corrected chi connectivity index (χ1v) is 7.63. The van der Waals surface area contributed by atoms with E-state index < -0.39 is 29.8 Å². The topological polar surface area (TPSA) is 170 Å². The smallest absolute Gasteiger partial charge is 0.335 e. The van der Waals surface area contributed by atoms with E-state index in [9.17, 15) is 24.0 Å². The molecule has 0 unspecified atom stereocenters. The number of barbiturate groups is 1. The van der Waals surface area contributed by atoms with E-state index >= 15 is 0 Å². The highest BCUT2D eigenvalue weighted by molar-refractivity contribution is 6.14. The Bertz CT molecular complexity index is 835. The van der Waals surface area contributed by atoms with Gasteiger partial charge < -0.3 is 15.3 Å². The van der Waals surface area contributed by atoms with Gasteiger partial charge in [-0.1, -0.05) is 24.3 Å². The Morgan fingerprint density at radius 2 is 1.25 bits per heavy atom. The number of rotatable bonds is 2. The van der Waals surface area contributed by atoms with E-state index in [4.69, 9.17) is 15.3 Å². The predicted octanol–water partition coefficient (Wildman–Crippen LogP) is 1.22. The second-order valence-electron chi connectivity index (χ2n) is 5.13. The molecule has 5 N–H and O–H groups in total. The van der Waals surface area contributed by atoms with Gasteiger partial charge in [0.25, 0.3) is 0 Å². The second kappa shape index (κ2) is 10.7. The van der Waals surface area contributed by atoms with Crippen molar-refractivity contribution >= 4 is 29.8 Å². The van der Waals surface area contributed by atoms with Crippen molar-refractivity contribution in [3.63, 3.8) is 0 Å². The molecule has 146 valence electrons. The summed E-state index contributed by atoms with van der Waals surface area (Å²) in [6.07, 6.45) is -0.258. The fourth-order valence-corrected chi connectivity index (χ4v) is 1.74. The Morgan fingerprint density at radius 1 is 0.750 bits per heavy atom. The van der Waals surface area contributed by atoms with Crippen molar-refractivity contribution in [1.29, 1.82) is 0 Å². The summed E-state index contributed by atoms with van der Waals surface area (Å²) in [6.45, 7) is 0. The lowest BCUT2D eigenvalue weighted by molar-refractivity contribution is -0.129. The summed E-state index contributed by atoms with van der Waals surface area (Å²) in [6, 6.07) is 13.1. The number of urea groups is 1. The van der Waals surface area contributed by atoms with Gasteiger partial charge in [-0.2, -0.15) is 0 Å². The van der Waals surface area contributed by atoms with Gasteiger partial charge in [0.15, 0.2) is 0 Å². The number of imide groups is 2. The maximum absolute atomic E-state index is 10.3. The summed E-state index contributed by atoms with van der Waals surface area (Å²) >= 11 is 0. The summed E-state index contributed by atoms with van der Waals surface area (Å²) in [7, 11) is 0. The van der Waals surface area contributed by atoms with Crippen LogP contribution in [0.15, 0.2) is 54.6 Å². The number of amides is 4. The van der Waals surface area contributed by atoms with Crippen molar-refractivity contribution in [3.8, 4) is 5.75 Å². The zero-order valence-corrected chi connectivity index (χ0v) is 14.3. The largest absolute Gasteiger partial charge is 0.508 e. The molecule has 1 saturated heterocycles. The summed E-state index contributed by atoms with van der Waals surface area (Å²) < 4.78 is 0. The van der Waals surface area contributed by atoms with Gasteiger partial charge in [0.2, 0.25) is 11.8 Å². The summed E-state index contributed by atoms with van der Waals surface area (Å²) in [5, 5.41) is 29.4. The number of carboxylic acids is 2. The van der Waals surface area contributed by atoms with E-state index in [1.54, 1.807) is 30.3 Å². The molecule has 4 amide bonds. The molecule has 0 aromatic heterocycles. The van der Waals surface area contributed by atoms with Gasteiger partial charge in [0, 0.05) is 0 Å². The molecule has 2 aromatic carbocycles. The number of carbonyl (C=O) groups excluding carboxylic acids is 3. The van der Waals surface area contributed by atoms with Crippen LogP contribution in [0.25, 0.3) is 0 Å². The zero-order valence-electron chi connectivity index (χ0n) is 14.3. The number of phenolic OH excluding ortho intramolecular Hbond substituents is 1. The van der Waals surface area contributed by atoms with E-state index in [0.29, 0.717) is 5.56 Å². The van der Waals surface area contributed by atoms with Crippen LogP contribution in [0.1, 0.15) is 27.1 Å². The fraction of sp³-hybridized carbons (Fsp3) is 0.0556. The molecule has 1 aliphatic heterocycles. The van der Waals surface area contributed by atoms with Gasteiger partial charge in [-0.3, -0.25) is 20.2 Å².